The molecule has 0 radical (unpaired) electrons. The van der Waals surface area contributed by atoms with E-state index in [-0.39, 0.29) is 11.8 Å². The van der Waals surface area contributed by atoms with Gasteiger partial charge in [0.1, 0.15) is 0 Å². The van der Waals surface area contributed by atoms with E-state index in [0.29, 0.717) is 35.1 Å². The lowest BCUT2D eigenvalue weighted by Crippen LogP contribution is -2.51. The maximum atomic E-state index is 13.5. The molecule has 0 aromatic heterocycles. The van der Waals surface area contributed by atoms with Gasteiger partial charge in [0, 0.05) is 35.8 Å². The lowest BCUT2D eigenvalue weighted by atomic mass is 9.85. The van der Waals surface area contributed by atoms with Gasteiger partial charge in [-0.3, -0.25) is 9.59 Å². The number of benzene rings is 1. The molecule has 1 heterocycles. The number of carbonyl (C=O) groups excluding carboxylic acids is 2. The highest BCUT2D eigenvalue weighted by atomic mass is 35.5. The van der Waals surface area contributed by atoms with Crippen molar-refractivity contribution in [3.05, 3.63) is 34.9 Å². The third kappa shape index (κ3) is 4.37. The first-order valence-corrected chi connectivity index (χ1v) is 11.3. The topological polar surface area (TPSA) is 40.6 Å². The number of nitrogens with zero attached hydrogens (tertiary/aromatic N) is 2. The number of piperidine rings is 1. The fourth-order valence-electron chi connectivity index (χ4n) is 4.88. The minimum Gasteiger partial charge on any atom is -0.338 e. The third-order valence-electron chi connectivity index (χ3n) is 6.72. The van der Waals surface area contributed by atoms with Crippen molar-refractivity contribution in [1.82, 2.24) is 9.80 Å². The SMILES string of the molecule is CC1CCC(N(C(=O)[C@@H]2CCCN(C(=O)c3ccc(Cl)cc3)C2)C2CC2)CC1. The van der Waals surface area contributed by atoms with Gasteiger partial charge in [-0.2, -0.15) is 0 Å². The monoisotopic (exact) mass is 402 g/mol. The number of hydrogen-bond acceptors (Lipinski definition) is 2. The normalized spacial score (nSPS) is 28.1. The summed E-state index contributed by atoms with van der Waals surface area (Å²) in [4.78, 5) is 30.5. The summed E-state index contributed by atoms with van der Waals surface area (Å²) in [6.45, 7) is 3.60. The molecule has 1 saturated heterocycles. The molecule has 28 heavy (non-hydrogen) atoms. The van der Waals surface area contributed by atoms with Crippen LogP contribution in [0.2, 0.25) is 5.02 Å². The highest BCUT2D eigenvalue weighted by molar-refractivity contribution is 6.30. The van der Waals surface area contributed by atoms with Crippen LogP contribution in [-0.2, 0) is 4.79 Å². The van der Waals surface area contributed by atoms with E-state index < -0.39 is 0 Å². The summed E-state index contributed by atoms with van der Waals surface area (Å²) in [5, 5.41) is 0.630. The number of rotatable bonds is 4. The van der Waals surface area contributed by atoms with Crippen molar-refractivity contribution in [2.24, 2.45) is 11.8 Å². The van der Waals surface area contributed by atoms with Crippen LogP contribution in [0, 0.1) is 11.8 Å². The zero-order valence-corrected chi connectivity index (χ0v) is 17.5. The highest BCUT2D eigenvalue weighted by Gasteiger charge is 2.42. The van der Waals surface area contributed by atoms with E-state index in [0.717, 1.165) is 51.0 Å². The molecule has 0 unspecified atom stereocenters. The van der Waals surface area contributed by atoms with Crippen molar-refractivity contribution in [2.75, 3.05) is 13.1 Å². The predicted molar refractivity (Wildman–Crippen MR) is 111 cm³/mol. The van der Waals surface area contributed by atoms with Crippen molar-refractivity contribution in [2.45, 2.75) is 70.4 Å². The zero-order valence-electron chi connectivity index (χ0n) is 16.8. The minimum absolute atomic E-state index is 0.0126. The van der Waals surface area contributed by atoms with Crippen LogP contribution in [0.3, 0.4) is 0 Å². The molecule has 0 spiro atoms. The van der Waals surface area contributed by atoms with E-state index >= 15 is 0 Å². The maximum absolute atomic E-state index is 13.5. The van der Waals surface area contributed by atoms with Gasteiger partial charge in [0.05, 0.1) is 5.92 Å². The molecule has 3 fully saturated rings. The number of halogens is 1. The molecule has 5 heteroatoms. The molecule has 0 bridgehead atoms. The number of likely N-dealkylation sites (tertiary alicyclic amines) is 1. The Bertz CT molecular complexity index is 708. The Morgan fingerprint density at radius 3 is 2.18 bits per heavy atom. The van der Waals surface area contributed by atoms with Crippen LogP contribution in [0.25, 0.3) is 0 Å². The quantitative estimate of drug-likeness (QED) is 0.728. The van der Waals surface area contributed by atoms with Crippen molar-refractivity contribution in [1.29, 1.82) is 0 Å². The molecule has 2 amide bonds. The van der Waals surface area contributed by atoms with E-state index in [1.54, 1.807) is 24.3 Å². The van der Waals surface area contributed by atoms with Crippen molar-refractivity contribution < 1.29 is 9.59 Å². The fraction of sp³-hybridized carbons (Fsp3) is 0.652. The standard InChI is InChI=1S/C23H31ClN2O2/c1-16-4-10-20(11-5-16)26(21-12-13-21)23(28)18-3-2-14-25(15-18)22(27)17-6-8-19(24)9-7-17/h6-9,16,18,20-21H,2-5,10-15H2,1H3/t16?,18-,20?/m1/s1. The van der Waals surface area contributed by atoms with Crippen LogP contribution in [0.1, 0.15) is 68.6 Å². The molecule has 3 aliphatic rings. The van der Waals surface area contributed by atoms with Gasteiger partial charge in [-0.25, -0.2) is 0 Å². The van der Waals surface area contributed by atoms with E-state index in [9.17, 15) is 9.59 Å². The van der Waals surface area contributed by atoms with Crippen LogP contribution in [0.15, 0.2) is 24.3 Å². The second kappa shape index (κ2) is 8.44. The van der Waals surface area contributed by atoms with Crippen LogP contribution in [-0.4, -0.2) is 46.8 Å². The Balaban J connectivity index is 1.43. The van der Waals surface area contributed by atoms with Gasteiger partial charge in [0.15, 0.2) is 0 Å². The average molecular weight is 403 g/mol. The first-order chi connectivity index (χ1) is 13.5. The number of carbonyl (C=O) groups is 2. The molecule has 2 aliphatic carbocycles. The maximum Gasteiger partial charge on any atom is 0.253 e. The molecule has 0 N–H and O–H groups in total. The Hall–Kier alpha value is -1.55. The second-order valence-corrected chi connectivity index (χ2v) is 9.42. The molecular formula is C23H31ClN2O2. The molecule has 2 saturated carbocycles. The zero-order chi connectivity index (χ0) is 19.7. The third-order valence-corrected chi connectivity index (χ3v) is 6.97. The van der Waals surface area contributed by atoms with Crippen molar-refractivity contribution >= 4 is 23.4 Å². The van der Waals surface area contributed by atoms with Crippen LogP contribution in [0.4, 0.5) is 0 Å². The first kappa shape index (κ1) is 19.8. The lowest BCUT2D eigenvalue weighted by molar-refractivity contribution is -0.141. The van der Waals surface area contributed by atoms with Crippen molar-refractivity contribution in [3.63, 3.8) is 0 Å². The summed E-state index contributed by atoms with van der Waals surface area (Å²) in [5.74, 6) is 1.05. The molecule has 1 atom stereocenters. The van der Waals surface area contributed by atoms with Gasteiger partial charge in [0.25, 0.3) is 5.91 Å². The van der Waals surface area contributed by atoms with Crippen LogP contribution < -0.4 is 0 Å². The number of amides is 2. The molecule has 4 nitrogen and oxygen atoms in total. The average Bonchev–Trinajstić information content (AvgIpc) is 3.55. The van der Waals surface area contributed by atoms with Gasteiger partial charge in [-0.15, -0.1) is 0 Å². The van der Waals surface area contributed by atoms with Gasteiger partial charge < -0.3 is 9.80 Å². The van der Waals surface area contributed by atoms with Crippen LogP contribution >= 0.6 is 11.6 Å². The summed E-state index contributed by atoms with van der Waals surface area (Å²) >= 11 is 5.94. The Labute approximate surface area is 173 Å². The van der Waals surface area contributed by atoms with Gasteiger partial charge in [-0.1, -0.05) is 18.5 Å². The van der Waals surface area contributed by atoms with E-state index in [4.69, 9.17) is 11.6 Å². The highest BCUT2D eigenvalue weighted by Crippen LogP contribution is 2.37. The molecule has 4 rings (SSSR count). The Morgan fingerprint density at radius 2 is 1.57 bits per heavy atom. The first-order valence-electron chi connectivity index (χ1n) is 10.9. The Kier molecular flexibility index (Phi) is 5.96. The molecular weight excluding hydrogens is 372 g/mol. The van der Waals surface area contributed by atoms with Gasteiger partial charge in [-0.05, 0) is 81.5 Å². The predicted octanol–water partition coefficient (Wildman–Crippen LogP) is 4.76. The van der Waals surface area contributed by atoms with Crippen LogP contribution in [0.5, 0.6) is 0 Å². The molecule has 152 valence electrons. The summed E-state index contributed by atoms with van der Waals surface area (Å²) in [5.41, 5.74) is 0.651. The van der Waals surface area contributed by atoms with Gasteiger partial charge >= 0.3 is 0 Å². The van der Waals surface area contributed by atoms with E-state index in [1.165, 1.54) is 12.8 Å². The molecule has 1 aliphatic heterocycles. The smallest absolute Gasteiger partial charge is 0.253 e. The summed E-state index contributed by atoms with van der Waals surface area (Å²) in [6, 6.07) is 7.92. The second-order valence-electron chi connectivity index (χ2n) is 8.99. The Morgan fingerprint density at radius 1 is 0.964 bits per heavy atom. The summed E-state index contributed by atoms with van der Waals surface area (Å²) in [6.07, 6.45) is 8.84. The van der Waals surface area contributed by atoms with Crippen molar-refractivity contribution in [3.8, 4) is 0 Å². The fourth-order valence-corrected chi connectivity index (χ4v) is 5.01. The lowest BCUT2D eigenvalue weighted by Gasteiger charge is -2.40. The van der Waals surface area contributed by atoms with E-state index in [2.05, 4.69) is 11.8 Å². The van der Waals surface area contributed by atoms with E-state index in [1.807, 2.05) is 4.90 Å². The molecule has 1 aromatic rings. The molecule has 1 aromatic carbocycles. The largest absolute Gasteiger partial charge is 0.338 e. The number of hydrogen-bond donors (Lipinski definition) is 0. The minimum atomic E-state index is -0.0510. The van der Waals surface area contributed by atoms with Gasteiger partial charge in [0.2, 0.25) is 5.91 Å². The summed E-state index contributed by atoms with van der Waals surface area (Å²) in [7, 11) is 0. The summed E-state index contributed by atoms with van der Waals surface area (Å²) < 4.78 is 0.